The molecule has 0 radical (unpaired) electrons. The van der Waals surface area contributed by atoms with E-state index in [0.717, 1.165) is 28.0 Å². The van der Waals surface area contributed by atoms with Crippen LogP contribution in [0.25, 0.3) is 10.8 Å². The van der Waals surface area contributed by atoms with E-state index in [1.54, 1.807) is 6.07 Å². The number of carbonyl (C=O) groups is 1. The van der Waals surface area contributed by atoms with E-state index in [-0.39, 0.29) is 17.4 Å². The number of hydrogen-bond acceptors (Lipinski definition) is 4. The summed E-state index contributed by atoms with van der Waals surface area (Å²) in [7, 11) is 0. The number of ether oxygens (including phenoxy) is 1. The van der Waals surface area contributed by atoms with Crippen molar-refractivity contribution < 1.29 is 9.53 Å². The van der Waals surface area contributed by atoms with Gasteiger partial charge in [0.1, 0.15) is 17.3 Å². The van der Waals surface area contributed by atoms with Crippen LogP contribution in [-0.4, -0.2) is 10.9 Å². The van der Waals surface area contributed by atoms with Gasteiger partial charge in [-0.3, -0.25) is 4.79 Å². The Morgan fingerprint density at radius 2 is 1.70 bits per heavy atom. The molecule has 168 valence electrons. The molecule has 4 aromatic rings. The van der Waals surface area contributed by atoms with Crippen molar-refractivity contribution >= 4 is 22.5 Å². The lowest BCUT2D eigenvalue weighted by atomic mass is 9.87. The monoisotopic (exact) mass is 439 g/mol. The van der Waals surface area contributed by atoms with Gasteiger partial charge in [0.15, 0.2) is 0 Å². The average molecular weight is 440 g/mol. The summed E-state index contributed by atoms with van der Waals surface area (Å²) in [6.45, 7) is 8.45. The molecule has 4 rings (SSSR count). The first-order valence-electron chi connectivity index (χ1n) is 11.1. The maximum atomic E-state index is 12.8. The van der Waals surface area contributed by atoms with Gasteiger partial charge in [-0.1, -0.05) is 51.1 Å². The van der Waals surface area contributed by atoms with Gasteiger partial charge in [-0.05, 0) is 71.8 Å². The summed E-state index contributed by atoms with van der Waals surface area (Å²) in [5, 5.41) is 4.86. The van der Waals surface area contributed by atoms with Gasteiger partial charge in [0.25, 0.3) is 5.91 Å². The molecule has 0 saturated carbocycles. The highest BCUT2D eigenvalue weighted by Crippen LogP contribution is 2.32. The first kappa shape index (κ1) is 22.3. The minimum absolute atomic E-state index is 0.0929. The minimum atomic E-state index is -0.262. The number of anilines is 1. The highest BCUT2D eigenvalue weighted by atomic mass is 16.5. The Morgan fingerprint density at radius 1 is 0.970 bits per heavy atom. The van der Waals surface area contributed by atoms with Gasteiger partial charge in [-0.25, -0.2) is 4.98 Å². The van der Waals surface area contributed by atoms with Gasteiger partial charge in [-0.15, -0.1) is 0 Å². The van der Waals surface area contributed by atoms with Crippen molar-refractivity contribution in [2.24, 2.45) is 0 Å². The van der Waals surface area contributed by atoms with Crippen LogP contribution < -0.4 is 15.8 Å². The zero-order valence-corrected chi connectivity index (χ0v) is 19.4. The highest BCUT2D eigenvalue weighted by molar-refractivity contribution is 6.00. The van der Waals surface area contributed by atoms with Crippen LogP contribution in [0.1, 0.15) is 55.4 Å². The van der Waals surface area contributed by atoms with Crippen molar-refractivity contribution in [2.75, 3.05) is 5.73 Å². The second kappa shape index (κ2) is 8.94. The number of nitrogens with zero attached hydrogens (tertiary/aromatic N) is 1. The zero-order chi connectivity index (χ0) is 23.6. The van der Waals surface area contributed by atoms with Crippen LogP contribution in [0.4, 0.5) is 5.82 Å². The summed E-state index contributed by atoms with van der Waals surface area (Å²) >= 11 is 0. The molecule has 0 saturated heterocycles. The molecule has 0 aliphatic carbocycles. The number of nitrogen functional groups attached to an aromatic ring is 1. The number of hydrogen-bond donors (Lipinski definition) is 2. The Hall–Kier alpha value is -3.86. The first-order chi connectivity index (χ1) is 15.7. The van der Waals surface area contributed by atoms with Crippen LogP contribution in [0.15, 0.2) is 78.9 Å². The summed E-state index contributed by atoms with van der Waals surface area (Å²) in [6, 6.07) is 24.8. The van der Waals surface area contributed by atoms with Crippen LogP contribution in [0, 0.1) is 0 Å². The third-order valence-corrected chi connectivity index (χ3v) is 5.63. The molecule has 0 bridgehead atoms. The molecule has 3 N–H and O–H groups in total. The molecule has 1 heterocycles. The summed E-state index contributed by atoms with van der Waals surface area (Å²) in [6.07, 6.45) is 0. The van der Waals surface area contributed by atoms with E-state index < -0.39 is 0 Å². The molecule has 5 heteroatoms. The van der Waals surface area contributed by atoms with Crippen molar-refractivity contribution in [2.45, 2.75) is 39.2 Å². The van der Waals surface area contributed by atoms with Crippen molar-refractivity contribution in [1.29, 1.82) is 0 Å². The number of aromatic nitrogens is 1. The smallest absolute Gasteiger partial charge is 0.251 e. The molecule has 1 unspecified atom stereocenters. The molecule has 0 aliphatic rings. The van der Waals surface area contributed by atoms with E-state index >= 15 is 0 Å². The van der Waals surface area contributed by atoms with Gasteiger partial charge in [0.2, 0.25) is 0 Å². The number of nitrogens with two attached hydrogens (primary N) is 1. The van der Waals surface area contributed by atoms with Crippen molar-refractivity contribution in [3.63, 3.8) is 0 Å². The Labute approximate surface area is 194 Å². The Bertz CT molecular complexity index is 1290. The van der Waals surface area contributed by atoms with E-state index in [1.165, 1.54) is 5.56 Å². The molecular formula is C28H29N3O2. The van der Waals surface area contributed by atoms with Gasteiger partial charge in [0.05, 0.1) is 11.7 Å². The average Bonchev–Trinajstić information content (AvgIpc) is 2.78. The van der Waals surface area contributed by atoms with E-state index in [2.05, 4.69) is 43.2 Å². The molecule has 1 aromatic heterocycles. The Morgan fingerprint density at radius 3 is 2.39 bits per heavy atom. The lowest BCUT2D eigenvalue weighted by Gasteiger charge is -2.19. The number of fused-ring (bicyclic) bond motifs is 1. The predicted molar refractivity (Wildman–Crippen MR) is 134 cm³/mol. The second-order valence-corrected chi connectivity index (χ2v) is 9.25. The molecule has 1 atom stereocenters. The van der Waals surface area contributed by atoms with Crippen molar-refractivity contribution in [3.8, 4) is 11.5 Å². The van der Waals surface area contributed by atoms with Gasteiger partial charge >= 0.3 is 0 Å². The fraction of sp³-hybridized carbons (Fsp3) is 0.214. The standard InChI is InChI=1S/C28H29N3O2/c1-18(24-8-6-10-26(29)31-24)30-27(32)20-11-16-23-19(17-20)7-5-9-25(23)33-22-14-12-21(13-15-22)28(2,3)4/h5-18H,1-4H3,(H2,29,31)(H,30,32). The predicted octanol–water partition coefficient (Wildman–Crippen LogP) is 6.40. The third kappa shape index (κ3) is 5.14. The summed E-state index contributed by atoms with van der Waals surface area (Å²) < 4.78 is 6.17. The van der Waals surface area contributed by atoms with E-state index in [0.29, 0.717) is 11.4 Å². The van der Waals surface area contributed by atoms with Crippen molar-refractivity contribution in [1.82, 2.24) is 10.3 Å². The quantitative estimate of drug-likeness (QED) is 0.377. The normalized spacial score (nSPS) is 12.4. The van der Waals surface area contributed by atoms with Crippen LogP contribution in [0.3, 0.4) is 0 Å². The van der Waals surface area contributed by atoms with Gasteiger partial charge in [0, 0.05) is 10.9 Å². The third-order valence-electron chi connectivity index (χ3n) is 5.63. The maximum Gasteiger partial charge on any atom is 0.251 e. The number of nitrogens with one attached hydrogen (secondary N) is 1. The van der Waals surface area contributed by atoms with Crippen molar-refractivity contribution in [3.05, 3.63) is 95.7 Å². The zero-order valence-electron chi connectivity index (χ0n) is 19.4. The molecule has 33 heavy (non-hydrogen) atoms. The summed E-state index contributed by atoms with van der Waals surface area (Å²) in [5.74, 6) is 1.79. The maximum absolute atomic E-state index is 12.8. The Kier molecular flexibility index (Phi) is 6.05. The fourth-order valence-corrected chi connectivity index (χ4v) is 3.70. The van der Waals surface area contributed by atoms with Gasteiger partial charge < -0.3 is 15.8 Å². The van der Waals surface area contributed by atoms with E-state index in [4.69, 9.17) is 10.5 Å². The number of carbonyl (C=O) groups excluding carboxylic acids is 1. The van der Waals surface area contributed by atoms with Crippen LogP contribution in [0.2, 0.25) is 0 Å². The summed E-state index contributed by atoms with van der Waals surface area (Å²) in [5.41, 5.74) is 8.40. The molecule has 5 nitrogen and oxygen atoms in total. The van der Waals surface area contributed by atoms with E-state index in [9.17, 15) is 4.79 Å². The molecule has 1 amide bonds. The van der Waals surface area contributed by atoms with Crippen LogP contribution in [-0.2, 0) is 5.41 Å². The Balaban J connectivity index is 1.53. The molecule has 0 spiro atoms. The minimum Gasteiger partial charge on any atom is -0.457 e. The SMILES string of the molecule is CC(NC(=O)c1ccc2c(Oc3ccc(C(C)(C)C)cc3)cccc2c1)c1cccc(N)n1. The van der Waals surface area contributed by atoms with E-state index in [1.807, 2.05) is 67.6 Å². The summed E-state index contributed by atoms with van der Waals surface area (Å²) in [4.78, 5) is 17.1. The first-order valence-corrected chi connectivity index (χ1v) is 11.1. The molecule has 0 aliphatic heterocycles. The second-order valence-electron chi connectivity index (χ2n) is 9.25. The number of amides is 1. The lowest BCUT2D eigenvalue weighted by molar-refractivity contribution is 0.0939. The number of rotatable bonds is 5. The molecular weight excluding hydrogens is 410 g/mol. The topological polar surface area (TPSA) is 77.2 Å². The molecule has 3 aromatic carbocycles. The highest BCUT2D eigenvalue weighted by Gasteiger charge is 2.15. The number of benzene rings is 3. The lowest BCUT2D eigenvalue weighted by Crippen LogP contribution is -2.27. The largest absolute Gasteiger partial charge is 0.457 e. The number of pyridine rings is 1. The van der Waals surface area contributed by atoms with Gasteiger partial charge in [-0.2, -0.15) is 0 Å². The fourth-order valence-electron chi connectivity index (χ4n) is 3.70. The molecule has 0 fully saturated rings. The van der Waals surface area contributed by atoms with Crippen LogP contribution in [0.5, 0.6) is 11.5 Å². The van der Waals surface area contributed by atoms with Crippen LogP contribution >= 0.6 is 0 Å².